The molecular weight excluding hydrogens is 398 g/mol. The minimum Gasteiger partial charge on any atom is -0.419 e. The number of benzene rings is 3. The molecule has 3 aromatic carbocycles. The highest BCUT2D eigenvalue weighted by Gasteiger charge is 2.33. The van der Waals surface area contributed by atoms with Gasteiger partial charge in [-0.05, 0) is 41.3 Å². The second kappa shape index (κ2) is 7.92. The van der Waals surface area contributed by atoms with Gasteiger partial charge >= 0.3 is 0 Å². The van der Waals surface area contributed by atoms with Crippen molar-refractivity contribution in [1.29, 1.82) is 0 Å². The van der Waals surface area contributed by atoms with Gasteiger partial charge in [-0.1, -0.05) is 66.2 Å². The van der Waals surface area contributed by atoms with Crippen LogP contribution < -0.4 is 0 Å². The van der Waals surface area contributed by atoms with Crippen LogP contribution in [0.4, 0.5) is 0 Å². The Morgan fingerprint density at radius 3 is 2.60 bits per heavy atom. The molecule has 4 aromatic rings. The number of rotatable bonds is 6. The van der Waals surface area contributed by atoms with Gasteiger partial charge in [0.15, 0.2) is 0 Å². The molecule has 6 heteroatoms. The number of hydrogen-bond donors (Lipinski definition) is 0. The molecule has 1 saturated carbocycles. The number of carbonyl (C=O) groups excluding carboxylic acids is 1. The van der Waals surface area contributed by atoms with Crippen molar-refractivity contribution in [2.75, 3.05) is 0 Å². The van der Waals surface area contributed by atoms with Gasteiger partial charge in [0.2, 0.25) is 17.7 Å². The van der Waals surface area contributed by atoms with E-state index >= 15 is 0 Å². The second-order valence-electron chi connectivity index (χ2n) is 7.55. The lowest BCUT2D eigenvalue weighted by atomic mass is 10.0. The smallest absolute Gasteiger partial charge is 0.249 e. The van der Waals surface area contributed by atoms with Crippen molar-refractivity contribution in [3.05, 3.63) is 83.2 Å². The summed E-state index contributed by atoms with van der Waals surface area (Å²) in [6.45, 7) is 0.311. The molecule has 0 aliphatic heterocycles. The Morgan fingerprint density at radius 1 is 1.00 bits per heavy atom. The standard InChI is InChI=1S/C24H20ClN3O2/c25-21-11-4-3-10-20(21)24-27-26-22(30-24)15-28(18-12-13-18)23(29)14-17-8-5-7-16-6-1-2-9-19(16)17/h1-11,18H,12-15H2. The van der Waals surface area contributed by atoms with Gasteiger partial charge < -0.3 is 9.32 Å². The second-order valence-corrected chi connectivity index (χ2v) is 7.96. The minimum atomic E-state index is 0.0753. The highest BCUT2D eigenvalue weighted by atomic mass is 35.5. The Kier molecular flexibility index (Phi) is 4.97. The van der Waals surface area contributed by atoms with Gasteiger partial charge in [0, 0.05) is 6.04 Å². The first-order chi connectivity index (χ1) is 14.7. The van der Waals surface area contributed by atoms with Gasteiger partial charge in [0.25, 0.3) is 0 Å². The van der Waals surface area contributed by atoms with Crippen LogP contribution in [0, 0.1) is 0 Å². The van der Waals surface area contributed by atoms with E-state index in [1.165, 1.54) is 0 Å². The molecule has 5 nitrogen and oxygen atoms in total. The summed E-state index contributed by atoms with van der Waals surface area (Å²) in [7, 11) is 0. The molecule has 1 aliphatic rings. The molecule has 1 aromatic heterocycles. The van der Waals surface area contributed by atoms with Gasteiger partial charge in [-0.15, -0.1) is 10.2 Å². The number of fused-ring (bicyclic) bond motifs is 1. The predicted molar refractivity (Wildman–Crippen MR) is 116 cm³/mol. The van der Waals surface area contributed by atoms with Gasteiger partial charge in [-0.2, -0.15) is 0 Å². The third-order valence-corrected chi connectivity index (χ3v) is 5.74. The predicted octanol–water partition coefficient (Wildman–Crippen LogP) is 5.28. The summed E-state index contributed by atoms with van der Waals surface area (Å²) in [4.78, 5) is 15.1. The number of hydrogen-bond acceptors (Lipinski definition) is 4. The quantitative estimate of drug-likeness (QED) is 0.428. The van der Waals surface area contributed by atoms with Crippen molar-refractivity contribution in [3.8, 4) is 11.5 Å². The zero-order chi connectivity index (χ0) is 20.5. The maximum Gasteiger partial charge on any atom is 0.249 e. The summed E-state index contributed by atoms with van der Waals surface area (Å²) in [5.74, 6) is 0.863. The van der Waals surface area contributed by atoms with Gasteiger partial charge in [-0.25, -0.2) is 0 Å². The summed E-state index contributed by atoms with van der Waals surface area (Å²) in [6, 6.07) is 21.8. The molecule has 1 amide bonds. The Balaban J connectivity index is 1.36. The van der Waals surface area contributed by atoms with E-state index in [4.69, 9.17) is 16.0 Å². The molecule has 0 spiro atoms. The van der Waals surface area contributed by atoms with E-state index in [9.17, 15) is 4.79 Å². The van der Waals surface area contributed by atoms with Crippen LogP contribution in [0.5, 0.6) is 0 Å². The van der Waals surface area contributed by atoms with Crippen molar-refractivity contribution in [2.45, 2.75) is 31.8 Å². The van der Waals surface area contributed by atoms with E-state index in [2.05, 4.69) is 28.4 Å². The lowest BCUT2D eigenvalue weighted by molar-refractivity contribution is -0.132. The van der Waals surface area contributed by atoms with Crippen molar-refractivity contribution < 1.29 is 9.21 Å². The van der Waals surface area contributed by atoms with Crippen LogP contribution >= 0.6 is 11.6 Å². The van der Waals surface area contributed by atoms with Crippen LogP contribution in [-0.4, -0.2) is 27.0 Å². The van der Waals surface area contributed by atoms with Gasteiger partial charge in [0.1, 0.15) is 0 Å². The number of halogens is 1. The fourth-order valence-electron chi connectivity index (χ4n) is 3.72. The van der Waals surface area contributed by atoms with E-state index in [1.807, 2.05) is 47.4 Å². The van der Waals surface area contributed by atoms with Crippen molar-refractivity contribution in [2.24, 2.45) is 0 Å². The Labute approximate surface area is 179 Å². The Morgan fingerprint density at radius 2 is 1.77 bits per heavy atom. The van der Waals surface area contributed by atoms with Crippen LogP contribution in [0.1, 0.15) is 24.3 Å². The molecular formula is C24H20ClN3O2. The minimum absolute atomic E-state index is 0.0753. The Bertz CT molecular complexity index is 1210. The molecule has 0 radical (unpaired) electrons. The van der Waals surface area contributed by atoms with E-state index < -0.39 is 0 Å². The highest BCUT2D eigenvalue weighted by molar-refractivity contribution is 6.33. The van der Waals surface area contributed by atoms with Crippen LogP contribution in [0.25, 0.3) is 22.2 Å². The zero-order valence-electron chi connectivity index (χ0n) is 16.3. The number of carbonyl (C=O) groups is 1. The lowest BCUT2D eigenvalue weighted by Gasteiger charge is -2.21. The van der Waals surface area contributed by atoms with E-state index in [-0.39, 0.29) is 11.9 Å². The van der Waals surface area contributed by atoms with Crippen LogP contribution in [0.2, 0.25) is 5.02 Å². The summed E-state index contributed by atoms with van der Waals surface area (Å²) in [5, 5.41) is 11.1. The third-order valence-electron chi connectivity index (χ3n) is 5.41. The number of aromatic nitrogens is 2. The maximum absolute atomic E-state index is 13.2. The maximum atomic E-state index is 13.2. The first kappa shape index (κ1) is 18.8. The van der Waals surface area contributed by atoms with Gasteiger partial charge in [-0.3, -0.25) is 4.79 Å². The molecule has 150 valence electrons. The molecule has 30 heavy (non-hydrogen) atoms. The van der Waals surface area contributed by atoms with Gasteiger partial charge in [0.05, 0.1) is 23.6 Å². The topological polar surface area (TPSA) is 59.2 Å². The van der Waals surface area contributed by atoms with Crippen molar-refractivity contribution in [3.63, 3.8) is 0 Å². The van der Waals surface area contributed by atoms with Crippen LogP contribution in [-0.2, 0) is 17.8 Å². The summed E-state index contributed by atoms with van der Waals surface area (Å²) in [6.07, 6.45) is 2.36. The van der Waals surface area contributed by atoms with E-state index in [0.717, 1.165) is 29.2 Å². The molecule has 5 rings (SSSR count). The molecule has 1 aliphatic carbocycles. The van der Waals surface area contributed by atoms with E-state index in [0.29, 0.717) is 35.3 Å². The molecule has 0 saturated heterocycles. The van der Waals surface area contributed by atoms with Crippen LogP contribution in [0.3, 0.4) is 0 Å². The van der Waals surface area contributed by atoms with E-state index in [1.54, 1.807) is 6.07 Å². The molecule has 1 fully saturated rings. The summed E-state index contributed by atoms with van der Waals surface area (Å²) < 4.78 is 5.83. The Hall–Kier alpha value is -3.18. The number of nitrogens with zero attached hydrogens (tertiary/aromatic N) is 3. The fraction of sp³-hybridized carbons (Fsp3) is 0.208. The highest BCUT2D eigenvalue weighted by Crippen LogP contribution is 2.31. The molecule has 0 bridgehead atoms. The number of amides is 1. The molecule has 1 heterocycles. The average molecular weight is 418 g/mol. The average Bonchev–Trinajstić information content (AvgIpc) is 3.50. The molecule has 0 N–H and O–H groups in total. The summed E-state index contributed by atoms with van der Waals surface area (Å²) in [5.41, 5.74) is 1.73. The summed E-state index contributed by atoms with van der Waals surface area (Å²) >= 11 is 6.23. The fourth-order valence-corrected chi connectivity index (χ4v) is 3.94. The van der Waals surface area contributed by atoms with Crippen molar-refractivity contribution >= 4 is 28.3 Å². The first-order valence-corrected chi connectivity index (χ1v) is 10.4. The largest absolute Gasteiger partial charge is 0.419 e. The monoisotopic (exact) mass is 417 g/mol. The van der Waals surface area contributed by atoms with Crippen LogP contribution in [0.15, 0.2) is 71.1 Å². The SMILES string of the molecule is O=C(Cc1cccc2ccccc12)N(Cc1nnc(-c2ccccc2Cl)o1)C1CC1. The lowest BCUT2D eigenvalue weighted by Crippen LogP contribution is -2.34. The van der Waals surface area contributed by atoms with Crippen molar-refractivity contribution in [1.82, 2.24) is 15.1 Å². The molecule has 0 atom stereocenters. The normalized spacial score (nSPS) is 13.5. The first-order valence-electron chi connectivity index (χ1n) is 10.0. The zero-order valence-corrected chi connectivity index (χ0v) is 17.0. The third kappa shape index (κ3) is 3.81. The molecule has 0 unspecified atom stereocenters.